The molecule has 0 atom stereocenters. The van der Waals surface area contributed by atoms with E-state index in [1.807, 2.05) is 19.1 Å². The number of unbranched alkanes of at least 4 members (excludes halogenated alkanes) is 1. The third kappa shape index (κ3) is 6.12. The summed E-state index contributed by atoms with van der Waals surface area (Å²) in [5, 5.41) is 3.30. The molecule has 0 aromatic heterocycles. The lowest BCUT2D eigenvalue weighted by Crippen LogP contribution is -2.57. The minimum atomic E-state index is -3.05. The van der Waals surface area contributed by atoms with Gasteiger partial charge in [-0.15, -0.1) is 0 Å². The average molecular weight is 410 g/mol. The highest BCUT2D eigenvalue weighted by Gasteiger charge is 2.40. The van der Waals surface area contributed by atoms with Gasteiger partial charge < -0.3 is 15.0 Å². The third-order valence-electron chi connectivity index (χ3n) is 5.03. The molecule has 1 aliphatic rings. The SMILES string of the molecule is CCCCOc1ccc(CCN=C(NCC)N2CCS(=O)(=O)C(C)(C)C2)cc1. The molecule has 0 saturated carbocycles. The van der Waals surface area contributed by atoms with Crippen molar-refractivity contribution in [3.05, 3.63) is 29.8 Å². The van der Waals surface area contributed by atoms with Crippen LogP contribution in [0.15, 0.2) is 29.3 Å². The summed E-state index contributed by atoms with van der Waals surface area (Å²) in [5.41, 5.74) is 1.21. The molecule has 1 saturated heterocycles. The fourth-order valence-electron chi connectivity index (χ4n) is 3.13. The van der Waals surface area contributed by atoms with Gasteiger partial charge in [-0.1, -0.05) is 25.5 Å². The van der Waals surface area contributed by atoms with Crippen LogP contribution in [0.3, 0.4) is 0 Å². The Kier molecular flexibility index (Phi) is 8.16. The predicted octanol–water partition coefficient (Wildman–Crippen LogP) is 2.88. The fraction of sp³-hybridized carbons (Fsp3) is 0.667. The van der Waals surface area contributed by atoms with E-state index in [-0.39, 0.29) is 5.75 Å². The second kappa shape index (κ2) is 10.1. The largest absolute Gasteiger partial charge is 0.494 e. The molecule has 0 aliphatic carbocycles. The van der Waals surface area contributed by atoms with Crippen molar-refractivity contribution in [3.8, 4) is 5.75 Å². The summed E-state index contributed by atoms with van der Waals surface area (Å²) in [6.45, 7) is 10.9. The van der Waals surface area contributed by atoms with Crippen molar-refractivity contribution in [1.29, 1.82) is 0 Å². The van der Waals surface area contributed by atoms with E-state index >= 15 is 0 Å². The highest BCUT2D eigenvalue weighted by molar-refractivity contribution is 7.92. The van der Waals surface area contributed by atoms with E-state index in [9.17, 15) is 8.42 Å². The lowest BCUT2D eigenvalue weighted by atomic mass is 10.1. The molecule has 1 aromatic carbocycles. The zero-order valence-electron chi connectivity index (χ0n) is 17.7. The summed E-state index contributed by atoms with van der Waals surface area (Å²) >= 11 is 0. The molecular weight excluding hydrogens is 374 g/mol. The normalized spacial score (nSPS) is 18.7. The number of rotatable bonds is 8. The van der Waals surface area contributed by atoms with Gasteiger partial charge in [0.2, 0.25) is 0 Å². The van der Waals surface area contributed by atoms with Gasteiger partial charge in [0.25, 0.3) is 0 Å². The maximum Gasteiger partial charge on any atom is 0.194 e. The van der Waals surface area contributed by atoms with Crippen molar-refractivity contribution >= 4 is 15.8 Å². The smallest absolute Gasteiger partial charge is 0.194 e. The number of hydrogen-bond donors (Lipinski definition) is 1. The summed E-state index contributed by atoms with van der Waals surface area (Å²) in [5.74, 6) is 1.87. The van der Waals surface area contributed by atoms with Gasteiger partial charge >= 0.3 is 0 Å². The minimum Gasteiger partial charge on any atom is -0.494 e. The Morgan fingerprint density at radius 1 is 1.25 bits per heavy atom. The number of hydrogen-bond acceptors (Lipinski definition) is 4. The van der Waals surface area contributed by atoms with Crippen molar-refractivity contribution in [2.75, 3.05) is 38.5 Å². The van der Waals surface area contributed by atoms with Crippen LogP contribution in [0.1, 0.15) is 46.1 Å². The Morgan fingerprint density at radius 3 is 2.57 bits per heavy atom. The summed E-state index contributed by atoms with van der Waals surface area (Å²) in [6.07, 6.45) is 3.03. The molecule has 1 heterocycles. The number of aliphatic imine (C=N–C) groups is 1. The molecule has 0 bridgehead atoms. The molecular formula is C21H35N3O3S. The van der Waals surface area contributed by atoms with Crippen LogP contribution in [0.25, 0.3) is 0 Å². The van der Waals surface area contributed by atoms with E-state index in [4.69, 9.17) is 9.73 Å². The van der Waals surface area contributed by atoms with E-state index < -0.39 is 14.6 Å². The molecule has 6 nitrogen and oxygen atoms in total. The van der Waals surface area contributed by atoms with Crippen LogP contribution in [0, 0.1) is 0 Å². The van der Waals surface area contributed by atoms with Crippen LogP contribution in [0.2, 0.25) is 0 Å². The summed E-state index contributed by atoms with van der Waals surface area (Å²) in [6, 6.07) is 8.19. The maximum atomic E-state index is 12.2. The van der Waals surface area contributed by atoms with Crippen molar-refractivity contribution in [2.45, 2.75) is 51.7 Å². The number of sulfone groups is 1. The summed E-state index contributed by atoms with van der Waals surface area (Å²) < 4.78 is 29.4. The first kappa shape index (κ1) is 22.5. The van der Waals surface area contributed by atoms with Crippen molar-refractivity contribution < 1.29 is 13.2 Å². The predicted molar refractivity (Wildman–Crippen MR) is 116 cm³/mol. The molecule has 28 heavy (non-hydrogen) atoms. The molecule has 1 fully saturated rings. The van der Waals surface area contributed by atoms with Gasteiger partial charge in [0.05, 0.1) is 17.1 Å². The Balaban J connectivity index is 1.94. The highest BCUT2D eigenvalue weighted by atomic mass is 32.2. The van der Waals surface area contributed by atoms with Gasteiger partial charge in [-0.2, -0.15) is 0 Å². The van der Waals surface area contributed by atoms with Gasteiger partial charge in [0.1, 0.15) is 5.75 Å². The van der Waals surface area contributed by atoms with E-state index in [0.717, 1.165) is 44.1 Å². The molecule has 1 aromatic rings. The molecule has 7 heteroatoms. The van der Waals surface area contributed by atoms with Gasteiger partial charge in [0, 0.05) is 26.2 Å². The number of guanidine groups is 1. The standard InChI is InChI=1S/C21H35N3O3S/c1-5-7-15-27-19-10-8-18(9-11-19)12-13-23-20(22-6-2)24-14-16-28(25,26)21(3,4)17-24/h8-11H,5-7,12-17H2,1-4H3,(H,22,23). The molecule has 0 spiro atoms. The molecule has 0 radical (unpaired) electrons. The van der Waals surface area contributed by atoms with Gasteiger partial charge in [0.15, 0.2) is 15.8 Å². The molecule has 1 aliphatic heterocycles. The summed E-state index contributed by atoms with van der Waals surface area (Å²) in [7, 11) is -3.05. The van der Waals surface area contributed by atoms with Gasteiger partial charge in [-0.3, -0.25) is 4.99 Å². The molecule has 2 rings (SSSR count). The van der Waals surface area contributed by atoms with E-state index in [1.165, 1.54) is 5.56 Å². The van der Waals surface area contributed by atoms with E-state index in [0.29, 0.717) is 19.6 Å². The second-order valence-corrected chi connectivity index (χ2v) is 10.6. The lowest BCUT2D eigenvalue weighted by molar-refractivity contribution is 0.309. The van der Waals surface area contributed by atoms with E-state index in [2.05, 4.69) is 29.3 Å². The van der Waals surface area contributed by atoms with Crippen molar-refractivity contribution in [3.63, 3.8) is 0 Å². The quantitative estimate of drug-likeness (QED) is 0.406. The monoisotopic (exact) mass is 409 g/mol. The maximum absolute atomic E-state index is 12.2. The third-order valence-corrected chi connectivity index (χ3v) is 7.56. The zero-order valence-corrected chi connectivity index (χ0v) is 18.5. The molecule has 1 N–H and O–H groups in total. The first-order chi connectivity index (χ1) is 13.3. The number of nitrogens with one attached hydrogen (secondary N) is 1. The highest BCUT2D eigenvalue weighted by Crippen LogP contribution is 2.23. The second-order valence-electron chi connectivity index (χ2n) is 7.83. The lowest BCUT2D eigenvalue weighted by Gasteiger charge is -2.39. The van der Waals surface area contributed by atoms with Crippen LogP contribution in [-0.4, -0.2) is 62.6 Å². The Labute approximate surface area is 170 Å². The first-order valence-corrected chi connectivity index (χ1v) is 11.9. The molecule has 0 unspecified atom stereocenters. The number of nitrogens with zero attached hydrogens (tertiary/aromatic N) is 2. The van der Waals surface area contributed by atoms with Gasteiger partial charge in [-0.25, -0.2) is 8.42 Å². The average Bonchev–Trinajstić information content (AvgIpc) is 2.65. The minimum absolute atomic E-state index is 0.171. The molecule has 158 valence electrons. The number of ether oxygens (including phenoxy) is 1. The van der Waals surface area contributed by atoms with Crippen LogP contribution < -0.4 is 10.1 Å². The Bertz CT molecular complexity index is 743. The van der Waals surface area contributed by atoms with Crippen molar-refractivity contribution in [2.24, 2.45) is 4.99 Å². The first-order valence-electron chi connectivity index (χ1n) is 10.3. The summed E-state index contributed by atoms with van der Waals surface area (Å²) in [4.78, 5) is 6.80. The van der Waals surface area contributed by atoms with Crippen LogP contribution in [-0.2, 0) is 16.3 Å². The Hall–Kier alpha value is -1.76. The van der Waals surface area contributed by atoms with Crippen LogP contribution in [0.5, 0.6) is 5.75 Å². The van der Waals surface area contributed by atoms with Crippen LogP contribution in [0.4, 0.5) is 0 Å². The number of benzene rings is 1. The fourth-order valence-corrected chi connectivity index (χ4v) is 4.49. The van der Waals surface area contributed by atoms with Crippen LogP contribution >= 0.6 is 0 Å². The van der Waals surface area contributed by atoms with Gasteiger partial charge in [-0.05, 0) is 51.3 Å². The van der Waals surface area contributed by atoms with Crippen molar-refractivity contribution in [1.82, 2.24) is 10.2 Å². The van der Waals surface area contributed by atoms with E-state index in [1.54, 1.807) is 13.8 Å². The molecule has 0 amide bonds. The Morgan fingerprint density at radius 2 is 1.96 bits per heavy atom. The topological polar surface area (TPSA) is 71.0 Å². The zero-order chi connectivity index (χ0) is 20.6.